The number of carbonyl (C=O) groups excluding carboxylic acids is 1. The van der Waals surface area contributed by atoms with E-state index in [0.29, 0.717) is 23.7 Å². The standard InChI is InChI=1S/C30H34O4/c1-21(2)30(32)34-16-14-27-20-28(33-17-15-31)12-13-29(27)26-11-10-24-18-23(8-9-25(24)19-26)22-6-4-3-5-7-22/h8-13,18-20,22,31H,1,3-7,14-17H2,2H3. The summed E-state index contributed by atoms with van der Waals surface area (Å²) in [6.07, 6.45) is 7.20. The van der Waals surface area contributed by atoms with Gasteiger partial charge in [0.2, 0.25) is 0 Å². The predicted octanol–water partition coefficient (Wildman–Crippen LogP) is 6.59. The van der Waals surface area contributed by atoms with E-state index in [-0.39, 0.29) is 25.8 Å². The molecule has 0 saturated heterocycles. The average molecular weight is 459 g/mol. The van der Waals surface area contributed by atoms with Crippen LogP contribution in [0.25, 0.3) is 21.9 Å². The van der Waals surface area contributed by atoms with Crippen molar-refractivity contribution in [1.29, 1.82) is 0 Å². The van der Waals surface area contributed by atoms with Crippen molar-refractivity contribution >= 4 is 16.7 Å². The molecule has 0 radical (unpaired) electrons. The number of ether oxygens (including phenoxy) is 2. The second kappa shape index (κ2) is 11.3. The summed E-state index contributed by atoms with van der Waals surface area (Å²) in [6.45, 7) is 5.75. The monoisotopic (exact) mass is 458 g/mol. The number of hydrogen-bond donors (Lipinski definition) is 1. The minimum atomic E-state index is -0.381. The van der Waals surface area contributed by atoms with Gasteiger partial charge in [-0.05, 0) is 76.9 Å². The zero-order valence-corrected chi connectivity index (χ0v) is 20.0. The molecule has 3 aromatic rings. The van der Waals surface area contributed by atoms with Crippen molar-refractivity contribution in [2.45, 2.75) is 51.4 Å². The summed E-state index contributed by atoms with van der Waals surface area (Å²) in [7, 11) is 0. The van der Waals surface area contributed by atoms with Crippen molar-refractivity contribution in [1.82, 2.24) is 0 Å². The molecular weight excluding hydrogens is 424 g/mol. The zero-order valence-electron chi connectivity index (χ0n) is 20.0. The average Bonchev–Trinajstić information content (AvgIpc) is 2.87. The molecule has 1 aliphatic carbocycles. The van der Waals surface area contributed by atoms with Gasteiger partial charge < -0.3 is 14.6 Å². The van der Waals surface area contributed by atoms with Crippen molar-refractivity contribution < 1.29 is 19.4 Å². The Morgan fingerprint density at radius 2 is 1.74 bits per heavy atom. The fourth-order valence-corrected chi connectivity index (χ4v) is 4.81. The number of carbonyl (C=O) groups is 1. The number of rotatable bonds is 9. The summed E-state index contributed by atoms with van der Waals surface area (Å²) >= 11 is 0. The van der Waals surface area contributed by atoms with Crippen LogP contribution in [-0.4, -0.2) is 30.9 Å². The lowest BCUT2D eigenvalue weighted by Gasteiger charge is -2.22. The van der Waals surface area contributed by atoms with E-state index in [2.05, 4.69) is 43.0 Å². The minimum Gasteiger partial charge on any atom is -0.491 e. The first-order valence-corrected chi connectivity index (χ1v) is 12.3. The van der Waals surface area contributed by atoms with E-state index in [4.69, 9.17) is 14.6 Å². The maximum absolute atomic E-state index is 11.8. The molecule has 4 nitrogen and oxygen atoms in total. The van der Waals surface area contributed by atoms with E-state index in [1.54, 1.807) is 6.92 Å². The molecule has 0 bridgehead atoms. The fourth-order valence-electron chi connectivity index (χ4n) is 4.81. The molecule has 0 atom stereocenters. The van der Waals surface area contributed by atoms with Crippen LogP contribution in [0, 0.1) is 0 Å². The third-order valence-electron chi connectivity index (χ3n) is 6.64. The first-order chi connectivity index (χ1) is 16.5. The molecule has 4 rings (SSSR count). The van der Waals surface area contributed by atoms with Crippen LogP contribution in [0.2, 0.25) is 0 Å². The number of benzene rings is 3. The zero-order chi connectivity index (χ0) is 23.9. The Kier molecular flexibility index (Phi) is 8.02. The molecule has 0 spiro atoms. The lowest BCUT2D eigenvalue weighted by atomic mass is 9.83. The number of fused-ring (bicyclic) bond motifs is 1. The van der Waals surface area contributed by atoms with Gasteiger partial charge in [0.05, 0.1) is 13.2 Å². The van der Waals surface area contributed by atoms with Crippen LogP contribution in [0.1, 0.15) is 56.1 Å². The summed E-state index contributed by atoms with van der Waals surface area (Å²) in [5.41, 5.74) is 5.09. The highest BCUT2D eigenvalue weighted by molar-refractivity contribution is 5.89. The lowest BCUT2D eigenvalue weighted by molar-refractivity contribution is -0.138. The van der Waals surface area contributed by atoms with Gasteiger partial charge in [-0.1, -0.05) is 62.2 Å². The van der Waals surface area contributed by atoms with Crippen LogP contribution < -0.4 is 4.74 Å². The molecule has 0 aliphatic heterocycles. The quantitative estimate of drug-likeness (QED) is 0.290. The van der Waals surface area contributed by atoms with Crippen molar-refractivity contribution in [2.24, 2.45) is 0 Å². The molecule has 1 aliphatic rings. The van der Waals surface area contributed by atoms with Crippen LogP contribution in [0.3, 0.4) is 0 Å². The molecule has 0 heterocycles. The van der Waals surface area contributed by atoms with Gasteiger partial charge in [-0.15, -0.1) is 0 Å². The van der Waals surface area contributed by atoms with E-state index in [1.807, 2.05) is 18.2 Å². The smallest absolute Gasteiger partial charge is 0.333 e. The highest BCUT2D eigenvalue weighted by atomic mass is 16.5. The Morgan fingerprint density at radius 1 is 0.971 bits per heavy atom. The predicted molar refractivity (Wildman–Crippen MR) is 137 cm³/mol. The normalized spacial score (nSPS) is 14.2. The highest BCUT2D eigenvalue weighted by Gasteiger charge is 2.16. The molecular formula is C30H34O4. The lowest BCUT2D eigenvalue weighted by Crippen LogP contribution is -2.09. The molecule has 178 valence electrons. The Labute approximate surface area is 202 Å². The van der Waals surface area contributed by atoms with E-state index in [1.165, 1.54) is 48.4 Å². The molecule has 34 heavy (non-hydrogen) atoms. The van der Waals surface area contributed by atoms with E-state index in [0.717, 1.165) is 16.7 Å². The van der Waals surface area contributed by atoms with E-state index in [9.17, 15) is 4.79 Å². The Hall–Kier alpha value is -3.11. The summed E-state index contributed by atoms with van der Waals surface area (Å²) in [6, 6.07) is 19.4. The maximum Gasteiger partial charge on any atom is 0.333 e. The van der Waals surface area contributed by atoms with Crippen LogP contribution in [0.15, 0.2) is 66.7 Å². The second-order valence-corrected chi connectivity index (χ2v) is 9.21. The third-order valence-corrected chi connectivity index (χ3v) is 6.64. The largest absolute Gasteiger partial charge is 0.491 e. The molecule has 1 saturated carbocycles. The fraction of sp³-hybridized carbons (Fsp3) is 0.367. The number of esters is 1. The van der Waals surface area contributed by atoms with Crippen LogP contribution in [0.4, 0.5) is 0 Å². The molecule has 4 heteroatoms. The maximum atomic E-state index is 11.8. The van der Waals surface area contributed by atoms with E-state index < -0.39 is 0 Å². The van der Waals surface area contributed by atoms with Crippen molar-refractivity contribution in [3.63, 3.8) is 0 Å². The SMILES string of the molecule is C=C(C)C(=O)OCCc1cc(OCCO)ccc1-c1ccc2cc(C3CCCCC3)ccc2c1. The topological polar surface area (TPSA) is 55.8 Å². The van der Waals surface area contributed by atoms with Gasteiger partial charge in [-0.3, -0.25) is 0 Å². The summed E-state index contributed by atoms with van der Waals surface area (Å²) in [5, 5.41) is 11.6. The minimum absolute atomic E-state index is 0.0408. The van der Waals surface area contributed by atoms with Crippen LogP contribution in [0.5, 0.6) is 5.75 Å². The molecule has 0 unspecified atom stereocenters. The summed E-state index contributed by atoms with van der Waals surface area (Å²) in [4.78, 5) is 11.8. The van der Waals surface area contributed by atoms with Gasteiger partial charge in [0.15, 0.2) is 0 Å². The van der Waals surface area contributed by atoms with E-state index >= 15 is 0 Å². The Balaban J connectivity index is 1.60. The first kappa shape index (κ1) is 24.0. The van der Waals surface area contributed by atoms with Crippen LogP contribution >= 0.6 is 0 Å². The molecule has 0 amide bonds. The van der Waals surface area contributed by atoms with Gasteiger partial charge in [0.25, 0.3) is 0 Å². The van der Waals surface area contributed by atoms with Gasteiger partial charge >= 0.3 is 5.97 Å². The number of hydrogen-bond acceptors (Lipinski definition) is 4. The van der Waals surface area contributed by atoms with Crippen molar-refractivity contribution in [2.75, 3.05) is 19.8 Å². The van der Waals surface area contributed by atoms with Gasteiger partial charge in [0, 0.05) is 12.0 Å². The van der Waals surface area contributed by atoms with Crippen LogP contribution in [-0.2, 0) is 16.0 Å². The van der Waals surface area contributed by atoms with Gasteiger partial charge in [0.1, 0.15) is 12.4 Å². The van der Waals surface area contributed by atoms with Crippen molar-refractivity contribution in [3.05, 3.63) is 77.9 Å². The first-order valence-electron chi connectivity index (χ1n) is 12.3. The number of aliphatic hydroxyl groups is 1. The Bertz CT molecular complexity index is 1160. The number of aliphatic hydroxyl groups excluding tert-OH is 1. The molecule has 1 N–H and O–H groups in total. The Morgan fingerprint density at radius 3 is 2.50 bits per heavy atom. The highest BCUT2D eigenvalue weighted by Crippen LogP contribution is 2.35. The second-order valence-electron chi connectivity index (χ2n) is 9.21. The van der Waals surface area contributed by atoms with Gasteiger partial charge in [-0.2, -0.15) is 0 Å². The molecule has 1 fully saturated rings. The summed E-state index contributed by atoms with van der Waals surface area (Å²) in [5.74, 6) is 1.00. The van der Waals surface area contributed by atoms with Crippen molar-refractivity contribution in [3.8, 4) is 16.9 Å². The molecule has 3 aromatic carbocycles. The van der Waals surface area contributed by atoms with Gasteiger partial charge in [-0.25, -0.2) is 4.79 Å². The summed E-state index contributed by atoms with van der Waals surface area (Å²) < 4.78 is 11.0. The molecule has 0 aromatic heterocycles. The third kappa shape index (κ3) is 5.87.